The Bertz CT molecular complexity index is 242. The van der Waals surface area contributed by atoms with Crippen LogP contribution in [0.25, 0.3) is 0 Å². The number of rotatable bonds is 12. The largest absolute Gasteiger partial charge is 0.383 e. The van der Waals surface area contributed by atoms with Gasteiger partial charge in [0.15, 0.2) is 0 Å². The molecule has 0 rings (SSSR count). The lowest BCUT2D eigenvalue weighted by atomic mass is 9.92. The molecule has 0 aromatic rings. The summed E-state index contributed by atoms with van der Waals surface area (Å²) in [4.78, 5) is 2.32. The van der Waals surface area contributed by atoms with Gasteiger partial charge in [0.05, 0.1) is 19.3 Å². The van der Waals surface area contributed by atoms with Crippen molar-refractivity contribution in [2.24, 2.45) is 0 Å². The zero-order valence-electron chi connectivity index (χ0n) is 12.9. The molecule has 19 heavy (non-hydrogen) atoms. The van der Waals surface area contributed by atoms with Crippen LogP contribution in [0.5, 0.6) is 0 Å². The van der Waals surface area contributed by atoms with E-state index in [1.54, 1.807) is 14.2 Å². The molecule has 0 saturated carbocycles. The fraction of sp³-hybridized carbons (Fsp3) is 0.929. The maximum Gasteiger partial charge on any atom is 0.106 e. The molecule has 5 heteroatoms. The van der Waals surface area contributed by atoms with Crippen molar-refractivity contribution >= 4 is 0 Å². The van der Waals surface area contributed by atoms with E-state index < -0.39 is 0 Å². The van der Waals surface area contributed by atoms with Crippen molar-refractivity contribution in [1.82, 2.24) is 10.2 Å². The van der Waals surface area contributed by atoms with Crippen LogP contribution in [0.3, 0.4) is 0 Å². The van der Waals surface area contributed by atoms with Gasteiger partial charge in [0.2, 0.25) is 0 Å². The average molecular weight is 271 g/mol. The molecular weight excluding hydrogens is 242 g/mol. The Morgan fingerprint density at radius 2 is 1.74 bits per heavy atom. The maximum atomic E-state index is 9.26. The minimum atomic E-state index is -0.381. The van der Waals surface area contributed by atoms with Gasteiger partial charge in [-0.1, -0.05) is 6.92 Å². The summed E-state index contributed by atoms with van der Waals surface area (Å²) in [5.41, 5.74) is -0.381. The third-order valence-electron chi connectivity index (χ3n) is 3.60. The van der Waals surface area contributed by atoms with Crippen molar-refractivity contribution in [1.29, 1.82) is 5.26 Å². The van der Waals surface area contributed by atoms with Crippen LogP contribution in [0.1, 0.15) is 26.2 Å². The molecule has 1 unspecified atom stereocenters. The SMILES string of the molecule is CCC(C#N)(CCCN(CCOC)CCOC)NC. The number of nitriles is 1. The van der Waals surface area contributed by atoms with E-state index >= 15 is 0 Å². The molecule has 0 aromatic heterocycles. The van der Waals surface area contributed by atoms with Crippen LogP contribution in [-0.4, -0.2) is 64.6 Å². The minimum Gasteiger partial charge on any atom is -0.383 e. The number of hydrogen-bond donors (Lipinski definition) is 1. The third kappa shape index (κ3) is 7.48. The lowest BCUT2D eigenvalue weighted by molar-refractivity contribution is 0.112. The molecule has 0 amide bonds. The van der Waals surface area contributed by atoms with Crippen molar-refractivity contribution in [3.8, 4) is 6.07 Å². The Morgan fingerprint density at radius 1 is 1.16 bits per heavy atom. The standard InChI is InChI=1S/C14H29N3O2/c1-5-14(13-15,16-2)7-6-8-17(9-11-18-3)10-12-19-4/h16H,5-12H2,1-4H3. The van der Waals surface area contributed by atoms with E-state index in [-0.39, 0.29) is 5.54 Å². The molecule has 0 aliphatic carbocycles. The summed E-state index contributed by atoms with van der Waals surface area (Å²) in [7, 11) is 5.29. The van der Waals surface area contributed by atoms with E-state index in [0.717, 1.165) is 52.1 Å². The predicted octanol–water partition coefficient (Wildman–Crippen LogP) is 1.25. The van der Waals surface area contributed by atoms with Gasteiger partial charge in [-0.2, -0.15) is 5.26 Å². The summed E-state index contributed by atoms with van der Waals surface area (Å²) in [5.74, 6) is 0. The van der Waals surface area contributed by atoms with Crippen molar-refractivity contribution in [2.75, 3.05) is 54.1 Å². The van der Waals surface area contributed by atoms with Crippen LogP contribution in [0.2, 0.25) is 0 Å². The summed E-state index contributed by atoms with van der Waals surface area (Å²) in [5, 5.41) is 12.4. The zero-order chi connectivity index (χ0) is 14.6. The van der Waals surface area contributed by atoms with Gasteiger partial charge >= 0.3 is 0 Å². The molecule has 0 heterocycles. The molecule has 0 aliphatic rings. The highest BCUT2D eigenvalue weighted by molar-refractivity contribution is 5.05. The van der Waals surface area contributed by atoms with Gasteiger partial charge in [-0.15, -0.1) is 0 Å². The number of nitrogens with one attached hydrogen (secondary N) is 1. The minimum absolute atomic E-state index is 0.381. The molecule has 0 bridgehead atoms. The fourth-order valence-electron chi connectivity index (χ4n) is 2.05. The van der Waals surface area contributed by atoms with E-state index in [1.807, 2.05) is 14.0 Å². The zero-order valence-corrected chi connectivity index (χ0v) is 12.9. The highest BCUT2D eigenvalue weighted by atomic mass is 16.5. The van der Waals surface area contributed by atoms with E-state index in [4.69, 9.17) is 9.47 Å². The van der Waals surface area contributed by atoms with Crippen LogP contribution in [0.4, 0.5) is 0 Å². The van der Waals surface area contributed by atoms with E-state index in [9.17, 15) is 5.26 Å². The second-order valence-electron chi connectivity index (χ2n) is 4.73. The normalized spacial score (nSPS) is 14.3. The molecule has 0 saturated heterocycles. The lowest BCUT2D eigenvalue weighted by Crippen LogP contribution is -2.42. The van der Waals surface area contributed by atoms with Gasteiger partial charge in [-0.25, -0.2) is 0 Å². The Balaban J connectivity index is 4.11. The van der Waals surface area contributed by atoms with Crippen molar-refractivity contribution in [3.63, 3.8) is 0 Å². The Hall–Kier alpha value is -0.670. The summed E-state index contributed by atoms with van der Waals surface area (Å²) < 4.78 is 10.2. The second-order valence-corrected chi connectivity index (χ2v) is 4.73. The van der Waals surface area contributed by atoms with E-state index in [1.165, 1.54) is 0 Å². The van der Waals surface area contributed by atoms with Gasteiger partial charge in [0.1, 0.15) is 5.54 Å². The smallest absolute Gasteiger partial charge is 0.106 e. The van der Waals surface area contributed by atoms with Crippen LogP contribution in [0, 0.1) is 11.3 Å². The van der Waals surface area contributed by atoms with Crippen molar-refractivity contribution < 1.29 is 9.47 Å². The van der Waals surface area contributed by atoms with E-state index in [2.05, 4.69) is 16.3 Å². The molecule has 1 atom stereocenters. The van der Waals surface area contributed by atoms with Crippen LogP contribution in [0.15, 0.2) is 0 Å². The summed E-state index contributed by atoms with van der Waals surface area (Å²) in [6.45, 7) is 6.29. The fourth-order valence-corrected chi connectivity index (χ4v) is 2.05. The monoisotopic (exact) mass is 271 g/mol. The molecule has 0 radical (unpaired) electrons. The first-order chi connectivity index (χ1) is 9.17. The summed E-state index contributed by atoms with van der Waals surface area (Å²) in [6, 6.07) is 2.40. The number of nitrogens with zero attached hydrogens (tertiary/aromatic N) is 2. The van der Waals surface area contributed by atoms with Gasteiger partial charge in [-0.05, 0) is 32.9 Å². The maximum absolute atomic E-state index is 9.26. The molecule has 5 nitrogen and oxygen atoms in total. The van der Waals surface area contributed by atoms with Gasteiger partial charge in [0.25, 0.3) is 0 Å². The predicted molar refractivity (Wildman–Crippen MR) is 77.1 cm³/mol. The first kappa shape index (κ1) is 18.3. The molecule has 0 fully saturated rings. The first-order valence-electron chi connectivity index (χ1n) is 6.98. The first-order valence-corrected chi connectivity index (χ1v) is 6.98. The Labute approximate surface area is 117 Å². The molecule has 0 aliphatic heterocycles. The molecule has 0 spiro atoms. The van der Waals surface area contributed by atoms with Gasteiger partial charge in [-0.3, -0.25) is 4.90 Å². The topological polar surface area (TPSA) is 57.5 Å². The second kappa shape index (κ2) is 11.2. The molecule has 112 valence electrons. The molecule has 1 N–H and O–H groups in total. The summed E-state index contributed by atoms with van der Waals surface area (Å²) >= 11 is 0. The Kier molecular flexibility index (Phi) is 10.8. The molecular formula is C14H29N3O2. The highest BCUT2D eigenvalue weighted by Gasteiger charge is 2.24. The highest BCUT2D eigenvalue weighted by Crippen LogP contribution is 2.16. The van der Waals surface area contributed by atoms with Crippen LogP contribution in [-0.2, 0) is 9.47 Å². The Morgan fingerprint density at radius 3 is 2.11 bits per heavy atom. The quantitative estimate of drug-likeness (QED) is 0.579. The van der Waals surface area contributed by atoms with E-state index in [0.29, 0.717) is 0 Å². The van der Waals surface area contributed by atoms with Crippen molar-refractivity contribution in [3.05, 3.63) is 0 Å². The lowest BCUT2D eigenvalue weighted by Gasteiger charge is -2.27. The number of methoxy groups -OCH3 is 2. The van der Waals surface area contributed by atoms with Gasteiger partial charge < -0.3 is 14.8 Å². The van der Waals surface area contributed by atoms with Crippen LogP contribution >= 0.6 is 0 Å². The van der Waals surface area contributed by atoms with Crippen LogP contribution < -0.4 is 5.32 Å². The summed E-state index contributed by atoms with van der Waals surface area (Å²) in [6.07, 6.45) is 2.69. The average Bonchev–Trinajstić information content (AvgIpc) is 2.46. The van der Waals surface area contributed by atoms with Gasteiger partial charge in [0, 0.05) is 27.3 Å². The van der Waals surface area contributed by atoms with Crippen molar-refractivity contribution in [2.45, 2.75) is 31.7 Å². The number of hydrogen-bond acceptors (Lipinski definition) is 5. The number of ether oxygens (including phenoxy) is 2. The molecule has 0 aromatic carbocycles. The third-order valence-corrected chi connectivity index (χ3v) is 3.60.